The molecule has 2 atom stereocenters. The average Bonchev–Trinajstić information content (AvgIpc) is 3.63. The second kappa shape index (κ2) is 10.5. The lowest BCUT2D eigenvalue weighted by Gasteiger charge is -2.22. The number of carbonyl (C=O) groups excluding carboxylic acids is 2. The number of rotatable bonds is 9. The molecule has 1 aliphatic carbocycles. The van der Waals surface area contributed by atoms with E-state index in [2.05, 4.69) is 16.9 Å². The zero-order valence-corrected chi connectivity index (χ0v) is 23.5. The highest BCUT2D eigenvalue weighted by Gasteiger charge is 2.44. The van der Waals surface area contributed by atoms with E-state index in [4.69, 9.17) is 27.1 Å². The minimum atomic E-state index is -1.13. The van der Waals surface area contributed by atoms with E-state index in [0.717, 1.165) is 18.5 Å². The average molecular weight is 592 g/mol. The van der Waals surface area contributed by atoms with Crippen molar-refractivity contribution in [1.82, 2.24) is 19.7 Å². The van der Waals surface area contributed by atoms with Crippen molar-refractivity contribution in [2.24, 2.45) is 5.73 Å². The molecule has 1 aromatic carbocycles. The van der Waals surface area contributed by atoms with Crippen molar-refractivity contribution in [3.05, 3.63) is 94.6 Å². The van der Waals surface area contributed by atoms with E-state index in [1.54, 1.807) is 35.9 Å². The molecule has 42 heavy (non-hydrogen) atoms. The molecule has 6 rings (SSSR count). The number of nitrogens with one attached hydrogen (secondary N) is 1. The number of benzene rings is 1. The molecule has 2 amide bonds. The van der Waals surface area contributed by atoms with Gasteiger partial charge in [-0.05, 0) is 56.5 Å². The second-order valence-corrected chi connectivity index (χ2v) is 11.5. The molecule has 3 N–H and O–H groups in total. The van der Waals surface area contributed by atoms with Crippen molar-refractivity contribution >= 4 is 29.1 Å². The number of aromatic nitrogens is 3. The molecule has 11 heteroatoms. The third-order valence-corrected chi connectivity index (χ3v) is 8.28. The fourth-order valence-electron chi connectivity index (χ4n) is 5.26. The zero-order valence-electron chi connectivity index (χ0n) is 22.8. The first-order valence-corrected chi connectivity index (χ1v) is 14.0. The monoisotopic (exact) mass is 591 g/mol. The number of carbonyl (C=O) groups is 2. The first kappa shape index (κ1) is 27.8. The summed E-state index contributed by atoms with van der Waals surface area (Å²) in [5, 5.41) is 2.79. The summed E-state index contributed by atoms with van der Waals surface area (Å²) in [6.45, 7) is 5.68. The van der Waals surface area contributed by atoms with E-state index in [0.29, 0.717) is 40.6 Å². The number of pyridine rings is 2. The Labute approximate surface area is 245 Å². The van der Waals surface area contributed by atoms with Crippen LogP contribution >= 0.6 is 11.6 Å². The quantitative estimate of drug-likeness (QED) is 0.252. The predicted molar refractivity (Wildman–Crippen MR) is 154 cm³/mol. The molecule has 0 bridgehead atoms. The van der Waals surface area contributed by atoms with Crippen LogP contribution in [0.1, 0.15) is 65.3 Å². The summed E-state index contributed by atoms with van der Waals surface area (Å²) < 4.78 is 36.3. The van der Waals surface area contributed by atoms with Gasteiger partial charge in [0.15, 0.2) is 11.5 Å². The van der Waals surface area contributed by atoms with Crippen LogP contribution < -0.4 is 15.8 Å². The molecular formula is C31H28ClF2N5O3. The summed E-state index contributed by atoms with van der Waals surface area (Å²) >= 11 is 6.07. The maximum atomic E-state index is 14.8. The predicted octanol–water partition coefficient (Wildman–Crippen LogP) is 5.43. The molecule has 0 spiro atoms. The minimum Gasteiger partial charge on any atom is -0.489 e. The maximum Gasteiger partial charge on any atom is 0.252 e. The lowest BCUT2D eigenvalue weighted by Crippen LogP contribution is -2.40. The van der Waals surface area contributed by atoms with Crippen LogP contribution in [0.2, 0.25) is 5.02 Å². The van der Waals surface area contributed by atoms with Gasteiger partial charge in [0.25, 0.3) is 5.91 Å². The van der Waals surface area contributed by atoms with Crippen LogP contribution in [0.25, 0.3) is 16.9 Å². The number of nitrogens with zero attached hydrogens (tertiary/aromatic N) is 3. The van der Waals surface area contributed by atoms with Gasteiger partial charge in [0, 0.05) is 47.6 Å². The Balaban J connectivity index is 1.33. The SMILES string of the molecule is C=CCC(CNC(=O)c1cc(F)c2nc(C3CC3)cn2c1)c1cc2c(c(-c3ccc(F)c(Cl)c3)n1)OC[C@]2(C)C(N)=O. The number of hydrogen-bond donors (Lipinski definition) is 2. The number of ether oxygens (including phenoxy) is 1. The summed E-state index contributed by atoms with van der Waals surface area (Å²) in [6, 6.07) is 7.12. The summed E-state index contributed by atoms with van der Waals surface area (Å²) in [5.74, 6) is -1.88. The fraction of sp³-hybridized carbons (Fsp3) is 0.290. The van der Waals surface area contributed by atoms with Gasteiger partial charge in [-0.3, -0.25) is 9.59 Å². The number of fused-ring (bicyclic) bond motifs is 2. The van der Waals surface area contributed by atoms with Crippen LogP contribution in [0.3, 0.4) is 0 Å². The number of imidazole rings is 1. The first-order chi connectivity index (χ1) is 20.1. The molecule has 4 aromatic rings. The van der Waals surface area contributed by atoms with Gasteiger partial charge in [0.1, 0.15) is 29.3 Å². The van der Waals surface area contributed by atoms with Crippen molar-refractivity contribution in [2.45, 2.75) is 43.4 Å². The molecule has 3 aromatic heterocycles. The summed E-state index contributed by atoms with van der Waals surface area (Å²) in [5.41, 5.74) is 7.74. The van der Waals surface area contributed by atoms with Gasteiger partial charge in [-0.25, -0.2) is 18.7 Å². The van der Waals surface area contributed by atoms with Crippen LogP contribution in [-0.4, -0.2) is 39.3 Å². The van der Waals surface area contributed by atoms with E-state index in [1.807, 2.05) is 0 Å². The summed E-state index contributed by atoms with van der Waals surface area (Å²) in [4.78, 5) is 34.9. The molecule has 2 aliphatic rings. The highest BCUT2D eigenvalue weighted by molar-refractivity contribution is 6.31. The van der Waals surface area contributed by atoms with Crippen molar-refractivity contribution < 1.29 is 23.1 Å². The van der Waals surface area contributed by atoms with Crippen LogP contribution in [0.15, 0.2) is 55.4 Å². The number of halogens is 3. The second-order valence-electron chi connectivity index (χ2n) is 11.1. The van der Waals surface area contributed by atoms with Crippen molar-refractivity contribution in [3.8, 4) is 17.0 Å². The Hall–Kier alpha value is -4.31. The van der Waals surface area contributed by atoms with Gasteiger partial charge in [0.2, 0.25) is 5.91 Å². The van der Waals surface area contributed by atoms with Gasteiger partial charge in [-0.2, -0.15) is 0 Å². The smallest absolute Gasteiger partial charge is 0.252 e. The van der Waals surface area contributed by atoms with Crippen LogP contribution in [0.4, 0.5) is 8.78 Å². The number of nitrogens with two attached hydrogens (primary N) is 1. The molecule has 1 fully saturated rings. The largest absolute Gasteiger partial charge is 0.489 e. The molecule has 1 aliphatic heterocycles. The molecule has 0 saturated heterocycles. The topological polar surface area (TPSA) is 112 Å². The fourth-order valence-corrected chi connectivity index (χ4v) is 5.44. The van der Waals surface area contributed by atoms with E-state index in [9.17, 15) is 18.4 Å². The third kappa shape index (κ3) is 4.89. The van der Waals surface area contributed by atoms with E-state index >= 15 is 0 Å². The Bertz CT molecular complexity index is 1770. The normalized spacial score (nSPS) is 18.4. The van der Waals surface area contributed by atoms with Gasteiger partial charge >= 0.3 is 0 Å². The number of allylic oxidation sites excluding steroid dienone is 1. The number of amides is 2. The van der Waals surface area contributed by atoms with E-state index < -0.39 is 28.9 Å². The maximum absolute atomic E-state index is 14.8. The highest BCUT2D eigenvalue weighted by atomic mass is 35.5. The van der Waals surface area contributed by atoms with Crippen molar-refractivity contribution in [1.29, 1.82) is 0 Å². The molecule has 8 nitrogen and oxygen atoms in total. The Kier molecular flexibility index (Phi) is 6.97. The number of hydrogen-bond acceptors (Lipinski definition) is 5. The van der Waals surface area contributed by atoms with Crippen molar-refractivity contribution in [3.63, 3.8) is 0 Å². The molecule has 1 unspecified atom stereocenters. The van der Waals surface area contributed by atoms with Gasteiger partial charge in [-0.1, -0.05) is 17.7 Å². The molecular weight excluding hydrogens is 564 g/mol. The summed E-state index contributed by atoms with van der Waals surface area (Å²) in [7, 11) is 0. The van der Waals surface area contributed by atoms with E-state index in [-0.39, 0.29) is 35.3 Å². The molecule has 4 heterocycles. The molecule has 0 radical (unpaired) electrons. The number of primary amides is 1. The third-order valence-electron chi connectivity index (χ3n) is 7.99. The minimum absolute atomic E-state index is 0.0122. The Morgan fingerprint density at radius 2 is 2.02 bits per heavy atom. The van der Waals surface area contributed by atoms with Crippen LogP contribution in [0, 0.1) is 11.6 Å². The Morgan fingerprint density at radius 3 is 2.71 bits per heavy atom. The van der Waals surface area contributed by atoms with Gasteiger partial charge in [0.05, 0.1) is 16.3 Å². The highest BCUT2D eigenvalue weighted by Crippen LogP contribution is 2.46. The standard InChI is InChI=1S/C31H28ClF2N5O3/c1-3-4-18(12-36-29(40)19-10-23(34)28-38-25(16-5-6-16)14-39(28)13-19)24-11-20-27(42-15-31(20,2)30(35)41)26(37-24)17-7-8-22(33)21(32)9-17/h3,7-11,13-14,16,18H,1,4-6,12,15H2,2H3,(H2,35,41)(H,36,40)/t18?,31-/m0/s1. The van der Waals surface area contributed by atoms with E-state index in [1.165, 1.54) is 24.3 Å². The van der Waals surface area contributed by atoms with Crippen LogP contribution in [-0.2, 0) is 10.2 Å². The lowest BCUT2D eigenvalue weighted by atomic mass is 9.82. The van der Waals surface area contributed by atoms with Crippen molar-refractivity contribution in [2.75, 3.05) is 13.2 Å². The van der Waals surface area contributed by atoms with Gasteiger partial charge in [-0.15, -0.1) is 6.58 Å². The lowest BCUT2D eigenvalue weighted by molar-refractivity contribution is -0.123. The zero-order chi connectivity index (χ0) is 29.8. The first-order valence-electron chi connectivity index (χ1n) is 13.6. The molecule has 216 valence electrons. The molecule has 1 saturated carbocycles. The van der Waals surface area contributed by atoms with Crippen LogP contribution in [0.5, 0.6) is 5.75 Å². The van der Waals surface area contributed by atoms with Gasteiger partial charge < -0.3 is 20.2 Å². The summed E-state index contributed by atoms with van der Waals surface area (Å²) in [6.07, 6.45) is 7.50. The Morgan fingerprint density at radius 1 is 1.24 bits per heavy atom.